The van der Waals surface area contributed by atoms with Gasteiger partial charge >= 0.3 is 11.9 Å². The molecule has 0 aromatic rings. The Labute approximate surface area is 141 Å². The van der Waals surface area contributed by atoms with Crippen molar-refractivity contribution in [1.29, 1.82) is 0 Å². The van der Waals surface area contributed by atoms with E-state index >= 15 is 0 Å². The van der Waals surface area contributed by atoms with E-state index in [1.807, 2.05) is 26.8 Å². The summed E-state index contributed by atoms with van der Waals surface area (Å²) in [5, 5.41) is 0. The molecule has 0 heterocycles. The molecule has 0 bridgehead atoms. The zero-order valence-electron chi connectivity index (χ0n) is 15.1. The first kappa shape index (κ1) is 21.7. The largest absolute Gasteiger partial charge is 0.466 e. The third-order valence-corrected chi connectivity index (χ3v) is 3.86. The van der Waals surface area contributed by atoms with Crippen molar-refractivity contribution in [1.82, 2.24) is 0 Å². The van der Waals surface area contributed by atoms with Gasteiger partial charge in [-0.3, -0.25) is 9.59 Å². The average molecular weight is 326 g/mol. The molecule has 0 aromatic carbocycles. The molecule has 4 heteroatoms. The van der Waals surface area contributed by atoms with E-state index in [1.165, 1.54) is 25.7 Å². The summed E-state index contributed by atoms with van der Waals surface area (Å²) in [6.07, 6.45) is 9.95. The van der Waals surface area contributed by atoms with Crippen molar-refractivity contribution in [3.8, 4) is 0 Å². The third-order valence-electron chi connectivity index (χ3n) is 3.86. The first-order chi connectivity index (χ1) is 11.0. The van der Waals surface area contributed by atoms with Crippen LogP contribution in [0.25, 0.3) is 0 Å². The minimum Gasteiger partial charge on any atom is -0.466 e. The molecule has 134 valence electrons. The summed E-state index contributed by atoms with van der Waals surface area (Å²) in [5.41, 5.74) is 0. The van der Waals surface area contributed by atoms with Gasteiger partial charge in [0.25, 0.3) is 0 Å². The van der Waals surface area contributed by atoms with Crippen LogP contribution >= 0.6 is 0 Å². The summed E-state index contributed by atoms with van der Waals surface area (Å²) >= 11 is 0. The van der Waals surface area contributed by atoms with Crippen molar-refractivity contribution in [3.63, 3.8) is 0 Å². The second-order valence-electron chi connectivity index (χ2n) is 6.36. The van der Waals surface area contributed by atoms with Gasteiger partial charge in [-0.1, -0.05) is 45.6 Å². The highest BCUT2D eigenvalue weighted by molar-refractivity contribution is 5.77. The van der Waals surface area contributed by atoms with E-state index in [9.17, 15) is 9.59 Å². The molecule has 0 fully saturated rings. The van der Waals surface area contributed by atoms with E-state index in [0.717, 1.165) is 19.3 Å². The van der Waals surface area contributed by atoms with Crippen LogP contribution in [-0.2, 0) is 19.1 Å². The van der Waals surface area contributed by atoms with Crippen LogP contribution in [0.1, 0.15) is 78.6 Å². The maximum Gasteiger partial charge on any atom is 0.306 e. The Morgan fingerprint density at radius 3 is 2.09 bits per heavy atom. The lowest BCUT2D eigenvalue weighted by atomic mass is 10.1. The second kappa shape index (κ2) is 14.3. The monoisotopic (exact) mass is 326 g/mol. The Morgan fingerprint density at radius 2 is 1.48 bits per heavy atom. The predicted molar refractivity (Wildman–Crippen MR) is 93.1 cm³/mol. The fourth-order valence-corrected chi connectivity index (χ4v) is 1.96. The number of carbonyl (C=O) groups is 2. The first-order valence-corrected chi connectivity index (χ1v) is 8.93. The Bertz CT molecular complexity index is 336. The normalized spacial score (nSPS) is 12.0. The van der Waals surface area contributed by atoms with Crippen molar-refractivity contribution >= 4 is 11.9 Å². The second-order valence-corrected chi connectivity index (χ2v) is 6.36. The van der Waals surface area contributed by atoms with Crippen LogP contribution in [0.2, 0.25) is 0 Å². The van der Waals surface area contributed by atoms with Crippen LogP contribution in [-0.4, -0.2) is 24.6 Å². The first-order valence-electron chi connectivity index (χ1n) is 8.93. The van der Waals surface area contributed by atoms with Gasteiger partial charge in [-0.25, -0.2) is 0 Å². The van der Waals surface area contributed by atoms with Crippen LogP contribution in [0.5, 0.6) is 0 Å². The van der Waals surface area contributed by atoms with E-state index < -0.39 is 0 Å². The highest BCUT2D eigenvalue weighted by atomic mass is 16.5. The third kappa shape index (κ3) is 14.0. The Hall–Kier alpha value is -1.32. The number of allylic oxidation sites excluding steroid dienone is 1. The molecule has 1 unspecified atom stereocenters. The minimum atomic E-state index is -0.331. The molecular formula is C19H34O4. The summed E-state index contributed by atoms with van der Waals surface area (Å²) in [7, 11) is 0. The van der Waals surface area contributed by atoms with Gasteiger partial charge in [-0.05, 0) is 32.1 Å². The van der Waals surface area contributed by atoms with E-state index in [1.54, 1.807) is 0 Å². The molecule has 0 aliphatic heterocycles. The number of hydrogen-bond acceptors (Lipinski definition) is 4. The van der Waals surface area contributed by atoms with Crippen molar-refractivity contribution in [3.05, 3.63) is 12.7 Å². The van der Waals surface area contributed by atoms with E-state index in [4.69, 9.17) is 9.47 Å². The summed E-state index contributed by atoms with van der Waals surface area (Å²) in [6, 6.07) is 0. The van der Waals surface area contributed by atoms with Gasteiger partial charge in [0, 0.05) is 0 Å². The van der Waals surface area contributed by atoms with E-state index in [2.05, 4.69) is 6.58 Å². The molecule has 4 nitrogen and oxygen atoms in total. The number of rotatable bonds is 14. The van der Waals surface area contributed by atoms with Crippen LogP contribution in [0.3, 0.4) is 0 Å². The molecule has 23 heavy (non-hydrogen) atoms. The van der Waals surface area contributed by atoms with Crippen LogP contribution < -0.4 is 0 Å². The zero-order chi connectivity index (χ0) is 17.5. The molecule has 1 atom stereocenters. The van der Waals surface area contributed by atoms with Crippen molar-refractivity contribution in [2.24, 2.45) is 5.92 Å². The quantitative estimate of drug-likeness (QED) is 0.261. The summed E-state index contributed by atoms with van der Waals surface area (Å²) in [5.74, 6) is -0.365. The number of carbonyl (C=O) groups excluding carboxylic acids is 2. The van der Waals surface area contributed by atoms with Crippen LogP contribution in [0.15, 0.2) is 12.7 Å². The lowest BCUT2D eigenvalue weighted by Gasteiger charge is -2.16. The molecule has 0 aliphatic rings. The van der Waals surface area contributed by atoms with E-state index in [0.29, 0.717) is 6.61 Å². The van der Waals surface area contributed by atoms with Gasteiger partial charge < -0.3 is 9.47 Å². The molecule has 0 aromatic heterocycles. The molecular weight excluding hydrogens is 292 g/mol. The Morgan fingerprint density at radius 1 is 0.913 bits per heavy atom. The molecule has 0 aliphatic carbocycles. The number of ether oxygens (including phenoxy) is 2. The average Bonchev–Trinajstić information content (AvgIpc) is 2.51. The highest BCUT2D eigenvalue weighted by Gasteiger charge is 2.14. The van der Waals surface area contributed by atoms with Gasteiger partial charge in [0.15, 0.2) is 0 Å². The van der Waals surface area contributed by atoms with Crippen molar-refractivity contribution in [2.45, 2.75) is 84.7 Å². The summed E-state index contributed by atoms with van der Waals surface area (Å²) in [6.45, 7) is 10.00. The maximum absolute atomic E-state index is 11.5. The number of unbranched alkanes of at least 4 members (excludes halogenated alkanes) is 6. The smallest absolute Gasteiger partial charge is 0.306 e. The lowest BCUT2D eigenvalue weighted by molar-refractivity contribution is -0.154. The fraction of sp³-hybridized carbons (Fsp3) is 0.789. The predicted octanol–water partition coefficient (Wildman–Crippen LogP) is 4.81. The number of hydrogen-bond donors (Lipinski definition) is 0. The Kier molecular flexibility index (Phi) is 13.5. The highest BCUT2D eigenvalue weighted by Crippen LogP contribution is 2.09. The van der Waals surface area contributed by atoms with Gasteiger partial charge in [-0.15, -0.1) is 6.58 Å². The topological polar surface area (TPSA) is 52.6 Å². The fourth-order valence-electron chi connectivity index (χ4n) is 1.96. The SMILES string of the molecule is C=CCCCCCCCCOC(=O)CCC(=O)OC(C)C(C)C. The van der Waals surface area contributed by atoms with Crippen molar-refractivity contribution < 1.29 is 19.1 Å². The molecule has 0 saturated carbocycles. The molecule has 0 spiro atoms. The molecule has 0 saturated heterocycles. The Balaban J connectivity index is 3.47. The zero-order valence-corrected chi connectivity index (χ0v) is 15.1. The molecule has 0 N–H and O–H groups in total. The number of esters is 2. The summed E-state index contributed by atoms with van der Waals surface area (Å²) < 4.78 is 10.3. The molecule has 0 amide bonds. The van der Waals surface area contributed by atoms with Gasteiger partial charge in [0.2, 0.25) is 0 Å². The molecule has 0 radical (unpaired) electrons. The van der Waals surface area contributed by atoms with Crippen molar-refractivity contribution in [2.75, 3.05) is 6.61 Å². The minimum absolute atomic E-state index is 0.0964. The standard InChI is InChI=1S/C19H34O4/c1-5-6-7-8-9-10-11-12-15-22-18(20)13-14-19(21)23-17(4)16(2)3/h5,16-17H,1,6-15H2,2-4H3. The maximum atomic E-state index is 11.5. The van der Waals surface area contributed by atoms with Crippen LogP contribution in [0.4, 0.5) is 0 Å². The summed E-state index contributed by atoms with van der Waals surface area (Å²) in [4.78, 5) is 23.1. The van der Waals surface area contributed by atoms with Gasteiger partial charge in [-0.2, -0.15) is 0 Å². The van der Waals surface area contributed by atoms with Gasteiger partial charge in [0.05, 0.1) is 19.4 Å². The van der Waals surface area contributed by atoms with Gasteiger partial charge in [0.1, 0.15) is 6.10 Å². The molecule has 0 rings (SSSR count). The lowest BCUT2D eigenvalue weighted by Crippen LogP contribution is -2.20. The van der Waals surface area contributed by atoms with E-state index in [-0.39, 0.29) is 36.8 Å². The van der Waals surface area contributed by atoms with Crippen LogP contribution in [0, 0.1) is 5.92 Å².